The normalized spacial score (nSPS) is 11.3. The third-order valence-corrected chi connectivity index (χ3v) is 8.28. The summed E-state index contributed by atoms with van der Waals surface area (Å²) in [6, 6.07) is 28.7. The summed E-state index contributed by atoms with van der Waals surface area (Å²) in [5.74, 6) is 0.499. The smallest absolute Gasteiger partial charge is 0.264 e. The Morgan fingerprint density at radius 1 is 0.841 bits per heavy atom. The van der Waals surface area contributed by atoms with E-state index in [9.17, 15) is 18.0 Å². The van der Waals surface area contributed by atoms with Crippen LogP contribution in [-0.4, -0.2) is 46.7 Å². The number of hydrazone groups is 1. The molecule has 0 heterocycles. The number of nitrogens with one attached hydrogen (secondary N) is 2. The number of methoxy groups -OCH3 is 1. The van der Waals surface area contributed by atoms with E-state index in [1.165, 1.54) is 18.3 Å². The van der Waals surface area contributed by atoms with Gasteiger partial charge in [-0.15, -0.1) is 0 Å². The van der Waals surface area contributed by atoms with Gasteiger partial charge in [0.2, 0.25) is 0 Å². The van der Waals surface area contributed by atoms with Gasteiger partial charge in [-0.1, -0.05) is 44.2 Å². The minimum absolute atomic E-state index is 0.0739. The largest absolute Gasteiger partial charge is 0.497 e. The zero-order valence-electron chi connectivity index (χ0n) is 24.6. The fourth-order valence-corrected chi connectivity index (χ4v) is 5.52. The van der Waals surface area contributed by atoms with Gasteiger partial charge in [0, 0.05) is 5.69 Å². The molecule has 4 aromatic rings. The van der Waals surface area contributed by atoms with E-state index >= 15 is 0 Å². The first-order chi connectivity index (χ1) is 21.2. The van der Waals surface area contributed by atoms with E-state index in [1.807, 2.05) is 26.0 Å². The number of carbonyl (C=O) groups is 2. The molecule has 0 unspecified atom stereocenters. The second kappa shape index (κ2) is 14.8. The van der Waals surface area contributed by atoms with Crippen LogP contribution >= 0.6 is 0 Å². The number of hydrogen-bond donors (Lipinski definition) is 2. The number of ether oxygens (including phenoxy) is 2. The summed E-state index contributed by atoms with van der Waals surface area (Å²) in [6.07, 6.45) is 1.42. The Morgan fingerprint density at radius 2 is 1.48 bits per heavy atom. The van der Waals surface area contributed by atoms with E-state index in [0.29, 0.717) is 28.4 Å². The molecule has 0 radical (unpaired) electrons. The predicted molar refractivity (Wildman–Crippen MR) is 171 cm³/mol. The van der Waals surface area contributed by atoms with E-state index in [-0.39, 0.29) is 23.3 Å². The molecule has 0 spiro atoms. The molecular weight excluding hydrogens is 580 g/mol. The summed E-state index contributed by atoms with van der Waals surface area (Å²) < 4.78 is 38.7. The average molecular weight is 615 g/mol. The van der Waals surface area contributed by atoms with Gasteiger partial charge in [0.25, 0.3) is 21.8 Å². The Hall–Kier alpha value is -5.16. The topological polar surface area (TPSA) is 126 Å². The summed E-state index contributed by atoms with van der Waals surface area (Å²) in [5, 5.41) is 6.72. The number of hydrogen-bond acceptors (Lipinski definition) is 7. The molecule has 0 aliphatic heterocycles. The van der Waals surface area contributed by atoms with E-state index in [1.54, 1.807) is 86.0 Å². The molecule has 0 atom stereocenters. The summed E-state index contributed by atoms with van der Waals surface area (Å²) >= 11 is 0. The first-order valence-electron chi connectivity index (χ1n) is 13.8. The second-order valence-corrected chi connectivity index (χ2v) is 11.9. The van der Waals surface area contributed by atoms with Crippen molar-refractivity contribution in [2.75, 3.05) is 29.9 Å². The van der Waals surface area contributed by atoms with Crippen molar-refractivity contribution in [3.63, 3.8) is 0 Å². The monoisotopic (exact) mass is 614 g/mol. The lowest BCUT2D eigenvalue weighted by Crippen LogP contribution is -2.39. The van der Waals surface area contributed by atoms with Crippen molar-refractivity contribution in [2.24, 2.45) is 5.10 Å². The third kappa shape index (κ3) is 8.68. The van der Waals surface area contributed by atoms with Crippen molar-refractivity contribution in [1.82, 2.24) is 5.43 Å². The Morgan fingerprint density at radius 3 is 2.09 bits per heavy atom. The van der Waals surface area contributed by atoms with Gasteiger partial charge in [0.1, 0.15) is 18.0 Å². The fourth-order valence-electron chi connectivity index (χ4n) is 4.08. The molecule has 10 nitrogen and oxygen atoms in total. The number of rotatable bonds is 13. The van der Waals surface area contributed by atoms with Gasteiger partial charge < -0.3 is 14.8 Å². The van der Waals surface area contributed by atoms with Crippen molar-refractivity contribution in [3.8, 4) is 11.5 Å². The highest BCUT2D eigenvalue weighted by Gasteiger charge is 2.27. The SMILES string of the molecule is COc1ccc(NC(=O)COc2ccc(/C=N\NC(=O)CN(c3ccc(C(C)C)cc3)S(=O)(=O)c3ccccc3)cc2)cc1. The lowest BCUT2D eigenvalue weighted by atomic mass is 10.0. The van der Waals surface area contributed by atoms with E-state index in [0.717, 1.165) is 9.87 Å². The van der Waals surface area contributed by atoms with Crippen LogP contribution in [0.4, 0.5) is 11.4 Å². The highest BCUT2D eigenvalue weighted by atomic mass is 32.2. The molecule has 2 amide bonds. The van der Waals surface area contributed by atoms with E-state index in [2.05, 4.69) is 15.8 Å². The maximum absolute atomic E-state index is 13.5. The zero-order chi connectivity index (χ0) is 31.5. The molecule has 4 aromatic carbocycles. The van der Waals surface area contributed by atoms with Gasteiger partial charge in [-0.05, 0) is 89.8 Å². The molecule has 0 aliphatic carbocycles. The lowest BCUT2D eigenvalue weighted by Gasteiger charge is -2.24. The van der Waals surface area contributed by atoms with E-state index in [4.69, 9.17) is 9.47 Å². The molecule has 0 fully saturated rings. The van der Waals surface area contributed by atoms with Gasteiger partial charge in [0.05, 0.1) is 23.9 Å². The fraction of sp³-hybridized carbons (Fsp3) is 0.182. The van der Waals surface area contributed by atoms with Crippen molar-refractivity contribution in [1.29, 1.82) is 0 Å². The van der Waals surface area contributed by atoms with Crippen LogP contribution in [0.15, 0.2) is 113 Å². The first kappa shape index (κ1) is 31.8. The summed E-state index contributed by atoms with van der Waals surface area (Å²) in [5.41, 5.74) is 5.09. The van der Waals surface area contributed by atoms with Gasteiger partial charge in [-0.3, -0.25) is 13.9 Å². The first-order valence-corrected chi connectivity index (χ1v) is 15.3. The van der Waals surface area contributed by atoms with Crippen LogP contribution in [0.2, 0.25) is 0 Å². The van der Waals surface area contributed by atoms with Crippen LogP contribution in [0.5, 0.6) is 11.5 Å². The van der Waals surface area contributed by atoms with Gasteiger partial charge in [-0.25, -0.2) is 13.8 Å². The van der Waals surface area contributed by atoms with Crippen LogP contribution in [0.1, 0.15) is 30.9 Å². The van der Waals surface area contributed by atoms with Crippen LogP contribution in [-0.2, 0) is 19.6 Å². The van der Waals surface area contributed by atoms with Crippen molar-refractivity contribution < 1.29 is 27.5 Å². The Labute approximate surface area is 257 Å². The molecule has 0 aromatic heterocycles. The molecule has 11 heteroatoms. The van der Waals surface area contributed by atoms with Crippen molar-refractivity contribution in [2.45, 2.75) is 24.7 Å². The minimum Gasteiger partial charge on any atom is -0.497 e. The van der Waals surface area contributed by atoms with Crippen molar-refractivity contribution in [3.05, 3.63) is 114 Å². The van der Waals surface area contributed by atoms with Crippen LogP contribution in [0, 0.1) is 0 Å². The average Bonchev–Trinajstić information content (AvgIpc) is 3.04. The van der Waals surface area contributed by atoms with Gasteiger partial charge >= 0.3 is 0 Å². The number of sulfonamides is 1. The molecule has 0 saturated heterocycles. The zero-order valence-corrected chi connectivity index (χ0v) is 25.5. The quantitative estimate of drug-likeness (QED) is 0.158. The number of nitrogens with zero attached hydrogens (tertiary/aromatic N) is 2. The van der Waals surface area contributed by atoms with Crippen LogP contribution in [0.3, 0.4) is 0 Å². The molecule has 44 heavy (non-hydrogen) atoms. The molecular formula is C33H34N4O6S. The van der Waals surface area contributed by atoms with Crippen molar-refractivity contribution >= 4 is 39.4 Å². The summed E-state index contributed by atoms with van der Waals surface area (Å²) in [4.78, 5) is 25.1. The second-order valence-electron chi connectivity index (χ2n) is 10.00. The maximum Gasteiger partial charge on any atom is 0.264 e. The minimum atomic E-state index is -4.02. The Kier molecular flexibility index (Phi) is 10.7. The highest BCUT2D eigenvalue weighted by Crippen LogP contribution is 2.26. The van der Waals surface area contributed by atoms with Gasteiger partial charge in [-0.2, -0.15) is 5.10 Å². The van der Waals surface area contributed by atoms with Crippen LogP contribution < -0.4 is 24.5 Å². The maximum atomic E-state index is 13.5. The predicted octanol–water partition coefficient (Wildman–Crippen LogP) is 5.18. The van der Waals surface area contributed by atoms with E-state index < -0.39 is 22.5 Å². The molecule has 4 rings (SSSR count). The molecule has 2 N–H and O–H groups in total. The molecule has 0 bridgehead atoms. The number of anilines is 2. The molecule has 0 aliphatic rings. The highest BCUT2D eigenvalue weighted by molar-refractivity contribution is 7.92. The molecule has 228 valence electrons. The number of amides is 2. The Balaban J connectivity index is 1.34. The Bertz CT molecular complexity index is 1670. The van der Waals surface area contributed by atoms with Gasteiger partial charge in [0.15, 0.2) is 6.61 Å². The number of benzene rings is 4. The summed E-state index contributed by atoms with van der Waals surface area (Å²) in [6.45, 7) is 3.44. The third-order valence-electron chi connectivity index (χ3n) is 6.49. The standard InChI is InChI=1S/C33H34N4O6S/c1-24(2)26-11-15-28(16-12-26)37(44(40,41)31-7-5-4-6-8-31)22-32(38)36-34-21-25-9-17-30(18-10-25)43-23-33(39)35-27-13-19-29(42-3)20-14-27/h4-21,24H,22-23H2,1-3H3,(H,35,39)(H,36,38)/b34-21-. The summed E-state index contributed by atoms with van der Waals surface area (Å²) in [7, 11) is -2.46. The molecule has 0 saturated carbocycles. The van der Waals surface area contributed by atoms with Crippen LogP contribution in [0.25, 0.3) is 0 Å². The lowest BCUT2D eigenvalue weighted by molar-refractivity contribution is -0.119. The number of carbonyl (C=O) groups excluding carboxylic acids is 2.